The molecule has 2 rings (SSSR count). The van der Waals surface area contributed by atoms with E-state index in [0.717, 1.165) is 0 Å². The molecule has 0 aliphatic carbocycles. The number of carboxylic acid groups (broad SMARTS) is 1. The third kappa shape index (κ3) is 6.44. The van der Waals surface area contributed by atoms with Gasteiger partial charge in [-0.25, -0.2) is 4.79 Å². The first kappa shape index (κ1) is 22.6. The molecule has 162 valence electrons. The molecule has 30 heavy (non-hydrogen) atoms. The van der Waals surface area contributed by atoms with E-state index in [4.69, 9.17) is 10.8 Å². The van der Waals surface area contributed by atoms with Crippen molar-refractivity contribution in [3.05, 3.63) is 29.8 Å². The van der Waals surface area contributed by atoms with Crippen molar-refractivity contribution in [1.29, 1.82) is 0 Å². The van der Waals surface area contributed by atoms with Gasteiger partial charge in [0, 0.05) is 6.42 Å². The molecule has 4 amide bonds. The van der Waals surface area contributed by atoms with Gasteiger partial charge < -0.3 is 36.6 Å². The number of nitrogens with one attached hydrogen (secondary N) is 3. The molecular weight excluding hydrogens is 400 g/mol. The molecule has 12 nitrogen and oxygen atoms in total. The summed E-state index contributed by atoms with van der Waals surface area (Å²) in [5, 5.41) is 24.9. The molecule has 0 saturated carbocycles. The Kier molecular flexibility index (Phi) is 7.31. The maximum absolute atomic E-state index is 12.3. The molecule has 0 aromatic heterocycles. The van der Waals surface area contributed by atoms with Gasteiger partial charge in [0.05, 0.1) is 6.54 Å². The summed E-state index contributed by atoms with van der Waals surface area (Å²) in [5.74, 6) is -4.13. The van der Waals surface area contributed by atoms with Gasteiger partial charge in [0.1, 0.15) is 17.8 Å². The Hall–Kier alpha value is -3.67. The number of phenols is 1. The van der Waals surface area contributed by atoms with Crippen molar-refractivity contribution >= 4 is 29.6 Å². The number of aromatic hydroxyl groups is 1. The molecule has 4 atom stereocenters. The monoisotopic (exact) mass is 422 g/mol. The van der Waals surface area contributed by atoms with Gasteiger partial charge in [-0.05, 0) is 24.6 Å². The van der Waals surface area contributed by atoms with Gasteiger partial charge in [-0.1, -0.05) is 12.1 Å². The van der Waals surface area contributed by atoms with Gasteiger partial charge >= 0.3 is 5.97 Å². The fourth-order valence-electron chi connectivity index (χ4n) is 2.51. The van der Waals surface area contributed by atoms with Crippen LogP contribution in [0.4, 0.5) is 0 Å². The molecule has 1 aliphatic rings. The second-order valence-electron chi connectivity index (χ2n) is 6.66. The lowest BCUT2D eigenvalue weighted by Gasteiger charge is -2.19. The maximum Gasteiger partial charge on any atom is 0.336 e. The molecule has 1 saturated heterocycles. The zero-order valence-electron chi connectivity index (χ0n) is 16.0. The number of nitrogens with two attached hydrogens (primary N) is 1. The summed E-state index contributed by atoms with van der Waals surface area (Å²) in [6.07, 6.45) is -2.28. The molecule has 1 aliphatic heterocycles. The Morgan fingerprint density at radius 3 is 2.27 bits per heavy atom. The van der Waals surface area contributed by atoms with Crippen LogP contribution in [-0.2, 0) is 35.1 Å². The van der Waals surface area contributed by atoms with Crippen LogP contribution in [0.1, 0.15) is 12.5 Å². The summed E-state index contributed by atoms with van der Waals surface area (Å²) in [5.41, 5.74) is 5.97. The number of phenolic OH excluding ortho intramolecular Hbond substituents is 1. The highest BCUT2D eigenvalue weighted by molar-refractivity contribution is 5.95. The first-order valence-corrected chi connectivity index (χ1v) is 8.91. The number of hydrogen-bond acceptors (Lipinski definition) is 7. The Morgan fingerprint density at radius 1 is 1.10 bits per heavy atom. The summed E-state index contributed by atoms with van der Waals surface area (Å²) in [7, 11) is 0. The summed E-state index contributed by atoms with van der Waals surface area (Å²) in [6.45, 7) is 0.882. The lowest BCUT2D eigenvalue weighted by Crippen LogP contribution is -2.53. The number of amides is 4. The number of hydrogen-bond donors (Lipinski definition) is 6. The summed E-state index contributed by atoms with van der Waals surface area (Å²) in [4.78, 5) is 58.1. The van der Waals surface area contributed by atoms with Crippen molar-refractivity contribution in [1.82, 2.24) is 16.0 Å². The van der Waals surface area contributed by atoms with Gasteiger partial charge in [-0.2, -0.15) is 0 Å². The smallest absolute Gasteiger partial charge is 0.336 e. The summed E-state index contributed by atoms with van der Waals surface area (Å²) in [6, 6.07) is 3.92. The van der Waals surface area contributed by atoms with Gasteiger partial charge in [-0.3, -0.25) is 19.2 Å². The van der Waals surface area contributed by atoms with E-state index in [2.05, 4.69) is 20.7 Å². The lowest BCUT2D eigenvalue weighted by atomic mass is 10.0. The van der Waals surface area contributed by atoms with Gasteiger partial charge in [0.25, 0.3) is 5.91 Å². The van der Waals surface area contributed by atoms with E-state index in [9.17, 15) is 29.1 Å². The summed E-state index contributed by atoms with van der Waals surface area (Å²) >= 11 is 0. The van der Waals surface area contributed by atoms with E-state index >= 15 is 0 Å². The third-order valence-corrected chi connectivity index (χ3v) is 4.22. The molecule has 1 aromatic carbocycles. The number of ether oxygens (including phenoxy) is 1. The molecule has 1 aromatic rings. The minimum Gasteiger partial charge on any atom is -0.508 e. The second-order valence-corrected chi connectivity index (χ2v) is 6.66. The number of primary amides is 1. The predicted molar refractivity (Wildman–Crippen MR) is 99.8 cm³/mol. The fraction of sp³-hybridized carbons (Fsp3) is 0.389. The largest absolute Gasteiger partial charge is 0.508 e. The van der Waals surface area contributed by atoms with Crippen molar-refractivity contribution < 1.29 is 38.9 Å². The molecule has 1 fully saturated rings. The number of aliphatic carboxylic acids is 1. The van der Waals surface area contributed by atoms with Crippen LogP contribution in [0.2, 0.25) is 0 Å². The van der Waals surface area contributed by atoms with E-state index in [1.807, 2.05) is 0 Å². The van der Waals surface area contributed by atoms with Gasteiger partial charge in [0.2, 0.25) is 17.7 Å². The molecule has 0 bridgehead atoms. The minimum atomic E-state index is -1.28. The Balaban J connectivity index is 1.79. The van der Waals surface area contributed by atoms with Gasteiger partial charge in [-0.15, -0.1) is 0 Å². The van der Waals surface area contributed by atoms with E-state index < -0.39 is 60.4 Å². The van der Waals surface area contributed by atoms with E-state index in [-0.39, 0.29) is 12.2 Å². The highest BCUT2D eigenvalue weighted by Crippen LogP contribution is 2.21. The lowest BCUT2D eigenvalue weighted by molar-refractivity contribution is -0.138. The van der Waals surface area contributed by atoms with Crippen LogP contribution >= 0.6 is 0 Å². The number of carbonyl (C=O) groups is 5. The van der Waals surface area contributed by atoms with Crippen molar-refractivity contribution in [2.75, 3.05) is 6.54 Å². The molecule has 0 unspecified atom stereocenters. The highest BCUT2D eigenvalue weighted by Gasteiger charge is 2.50. The second kappa shape index (κ2) is 9.69. The molecule has 12 heteroatoms. The quantitative estimate of drug-likeness (QED) is 0.220. The van der Waals surface area contributed by atoms with Crippen LogP contribution in [0, 0.1) is 0 Å². The van der Waals surface area contributed by atoms with E-state index in [1.165, 1.54) is 19.1 Å². The van der Waals surface area contributed by atoms with Crippen molar-refractivity contribution in [3.63, 3.8) is 0 Å². The molecule has 1 heterocycles. The van der Waals surface area contributed by atoms with Crippen molar-refractivity contribution in [2.24, 2.45) is 5.73 Å². The average Bonchev–Trinajstić information content (AvgIpc) is 3.48. The maximum atomic E-state index is 12.3. The molecule has 7 N–H and O–H groups in total. The zero-order valence-corrected chi connectivity index (χ0v) is 16.0. The number of carboxylic acids is 1. The zero-order chi connectivity index (χ0) is 22.4. The topological polar surface area (TPSA) is 200 Å². The van der Waals surface area contributed by atoms with Gasteiger partial charge in [0.15, 0.2) is 12.2 Å². The predicted octanol–water partition coefficient (Wildman–Crippen LogP) is -2.62. The van der Waals surface area contributed by atoms with Crippen molar-refractivity contribution in [3.8, 4) is 5.75 Å². The van der Waals surface area contributed by atoms with Crippen LogP contribution < -0.4 is 21.7 Å². The van der Waals surface area contributed by atoms with Crippen LogP contribution in [0.15, 0.2) is 24.3 Å². The first-order valence-electron chi connectivity index (χ1n) is 8.91. The SMILES string of the molecule is C[C@H](NC(=O)CNC(=O)[C@H]1O[C@@H]1C(=O)O)C(=O)N[C@@H](Cc1ccc(O)cc1)C(N)=O. The number of rotatable bonds is 10. The number of carbonyl (C=O) groups excluding carboxylic acids is 4. The first-order chi connectivity index (χ1) is 14.1. The van der Waals surface area contributed by atoms with E-state index in [1.54, 1.807) is 12.1 Å². The van der Waals surface area contributed by atoms with Crippen LogP contribution in [0.3, 0.4) is 0 Å². The Bertz CT molecular complexity index is 841. The minimum absolute atomic E-state index is 0.0496. The average molecular weight is 422 g/mol. The molecule has 0 radical (unpaired) electrons. The molecule has 0 spiro atoms. The normalized spacial score (nSPS) is 19.1. The number of benzene rings is 1. The standard InChI is InChI=1S/C18H22N4O8/c1-8(21-12(24)7-20-17(27)13-14(30-13)18(28)29)16(26)22-11(15(19)25)6-9-2-4-10(23)5-3-9/h2-5,8,11,13-14,23H,6-7H2,1H3,(H2,19,25)(H,20,27)(H,21,24)(H,22,26)(H,28,29)/t8-,11-,13-,14-/m0/s1. The number of epoxide rings is 1. The Labute approximate surface area is 170 Å². The fourth-order valence-corrected chi connectivity index (χ4v) is 2.51. The van der Waals surface area contributed by atoms with E-state index in [0.29, 0.717) is 5.56 Å². The van der Waals surface area contributed by atoms with Crippen molar-refractivity contribution in [2.45, 2.75) is 37.6 Å². The van der Waals surface area contributed by atoms with Crippen LogP contribution in [0.5, 0.6) is 5.75 Å². The van der Waals surface area contributed by atoms with Crippen LogP contribution in [0.25, 0.3) is 0 Å². The van der Waals surface area contributed by atoms with Crippen LogP contribution in [-0.4, -0.2) is 70.6 Å². The third-order valence-electron chi connectivity index (χ3n) is 4.22. The summed E-state index contributed by atoms with van der Waals surface area (Å²) < 4.78 is 4.65. The Morgan fingerprint density at radius 2 is 1.73 bits per heavy atom. The molecular formula is C18H22N4O8. The highest BCUT2D eigenvalue weighted by atomic mass is 16.6.